The maximum Gasteiger partial charge on any atom is 0.331 e. The number of aliphatic hydroxyl groups is 2. The van der Waals surface area contributed by atoms with E-state index in [1.165, 1.54) is 0 Å². The zero-order valence-electron chi connectivity index (χ0n) is 23.7. The van der Waals surface area contributed by atoms with Crippen molar-refractivity contribution in [3.63, 3.8) is 0 Å². The van der Waals surface area contributed by atoms with Crippen LogP contribution in [0.4, 0.5) is 4.79 Å². The molecule has 2 aliphatic heterocycles. The number of carbonyl (C=O) groups is 2. The molecule has 0 aromatic heterocycles. The quantitative estimate of drug-likeness (QED) is 0.535. The SMILES string of the molecule is CN1CCN(C(=O)N(C)[C@H]2CC[C@@]3(C)[C@H](CC[C@@H]4[C@@H]3C[C@@H](O)[C@]3(C)[C@@H](C5=CC(=O)OC5)CC[C@]43O)C2)CC1. The first-order valence-corrected chi connectivity index (χ1v) is 15.0. The van der Waals surface area contributed by atoms with E-state index in [0.717, 1.165) is 70.3 Å². The standard InChI is InChI=1S/C30H47N3O5/c1-28-9-7-21(32(4)27(36)33-13-11-31(3)12-14-33)16-20(28)5-6-23-24(28)17-25(34)29(2)22(8-10-30(23,29)37)19-15-26(35)38-18-19/h15,20-25,34,37H,5-14,16-18H2,1-4H3/t20-,21+,22-,23-,24+,25-,28+,29+,30+/m1/s1. The molecule has 38 heavy (non-hydrogen) atoms. The third-order valence-electron chi connectivity index (χ3n) is 12.7. The number of rotatable bonds is 2. The highest BCUT2D eigenvalue weighted by Gasteiger charge is 2.70. The van der Waals surface area contributed by atoms with Crippen molar-refractivity contribution in [2.45, 2.75) is 83.0 Å². The van der Waals surface area contributed by atoms with Gasteiger partial charge in [-0.05, 0) is 93.1 Å². The minimum atomic E-state index is -0.939. The first-order chi connectivity index (χ1) is 18.0. The number of hydrogen-bond acceptors (Lipinski definition) is 6. The van der Waals surface area contributed by atoms with Crippen molar-refractivity contribution in [2.75, 3.05) is 46.9 Å². The Hall–Kier alpha value is -1.64. The average Bonchev–Trinajstić information content (AvgIpc) is 3.44. The molecule has 0 radical (unpaired) electrons. The number of carbonyl (C=O) groups excluding carboxylic acids is 2. The summed E-state index contributed by atoms with van der Waals surface area (Å²) in [6.45, 7) is 8.22. The lowest BCUT2D eigenvalue weighted by molar-refractivity contribution is -0.243. The fraction of sp³-hybridized carbons (Fsp3) is 0.867. The van der Waals surface area contributed by atoms with E-state index in [4.69, 9.17) is 4.74 Å². The summed E-state index contributed by atoms with van der Waals surface area (Å²) in [6, 6.07) is 0.417. The first kappa shape index (κ1) is 26.6. The van der Waals surface area contributed by atoms with Crippen molar-refractivity contribution in [1.82, 2.24) is 14.7 Å². The van der Waals surface area contributed by atoms with Crippen LogP contribution in [-0.4, -0.2) is 102 Å². The summed E-state index contributed by atoms with van der Waals surface area (Å²) in [5.41, 5.74) is -0.604. The second-order valence-corrected chi connectivity index (χ2v) is 14.0. The Bertz CT molecular complexity index is 1010. The first-order valence-electron chi connectivity index (χ1n) is 15.0. The Labute approximate surface area is 227 Å². The van der Waals surface area contributed by atoms with Gasteiger partial charge in [0.2, 0.25) is 0 Å². The van der Waals surface area contributed by atoms with Crippen molar-refractivity contribution < 1.29 is 24.5 Å². The number of piperazine rings is 1. The molecule has 212 valence electrons. The highest BCUT2D eigenvalue weighted by atomic mass is 16.5. The highest BCUT2D eigenvalue weighted by Crippen LogP contribution is 2.70. The lowest BCUT2D eigenvalue weighted by atomic mass is 9.42. The van der Waals surface area contributed by atoms with Crippen LogP contribution in [-0.2, 0) is 9.53 Å². The Kier molecular flexibility index (Phi) is 6.43. The van der Waals surface area contributed by atoms with E-state index in [9.17, 15) is 19.8 Å². The summed E-state index contributed by atoms with van der Waals surface area (Å²) in [6.07, 6.45) is 8.19. The smallest absolute Gasteiger partial charge is 0.331 e. The second-order valence-electron chi connectivity index (χ2n) is 14.0. The summed E-state index contributed by atoms with van der Waals surface area (Å²) >= 11 is 0. The van der Waals surface area contributed by atoms with Gasteiger partial charge in [-0.3, -0.25) is 0 Å². The molecular formula is C30H47N3O5. The molecule has 2 N–H and O–H groups in total. The number of likely N-dealkylation sites (N-methyl/N-ethyl adjacent to an activating group) is 1. The molecule has 0 bridgehead atoms. The van der Waals surface area contributed by atoms with E-state index in [0.29, 0.717) is 18.8 Å². The topological polar surface area (TPSA) is 93.6 Å². The molecule has 1 saturated heterocycles. The number of cyclic esters (lactones) is 1. The van der Waals surface area contributed by atoms with Gasteiger partial charge >= 0.3 is 12.0 Å². The molecule has 8 heteroatoms. The Morgan fingerprint density at radius 3 is 2.47 bits per heavy atom. The number of hydrogen-bond donors (Lipinski definition) is 2. The van der Waals surface area contributed by atoms with Crippen LogP contribution < -0.4 is 0 Å². The molecule has 4 aliphatic carbocycles. The predicted molar refractivity (Wildman–Crippen MR) is 143 cm³/mol. The van der Waals surface area contributed by atoms with E-state index < -0.39 is 17.1 Å². The lowest BCUT2D eigenvalue weighted by Crippen LogP contribution is -2.67. The van der Waals surface area contributed by atoms with Crippen LogP contribution in [0.1, 0.15) is 65.2 Å². The monoisotopic (exact) mass is 529 g/mol. The van der Waals surface area contributed by atoms with Crippen molar-refractivity contribution >= 4 is 12.0 Å². The van der Waals surface area contributed by atoms with Crippen LogP contribution in [0.2, 0.25) is 0 Å². The molecule has 4 saturated carbocycles. The number of esters is 1. The summed E-state index contributed by atoms with van der Waals surface area (Å²) < 4.78 is 5.23. The molecular weight excluding hydrogens is 482 g/mol. The van der Waals surface area contributed by atoms with Gasteiger partial charge in [0.05, 0.1) is 11.7 Å². The van der Waals surface area contributed by atoms with Gasteiger partial charge in [-0.1, -0.05) is 13.8 Å². The molecule has 9 atom stereocenters. The Morgan fingerprint density at radius 1 is 1.05 bits per heavy atom. The second kappa shape index (κ2) is 9.20. The zero-order chi connectivity index (χ0) is 27.0. The highest BCUT2D eigenvalue weighted by molar-refractivity contribution is 5.85. The van der Waals surface area contributed by atoms with Gasteiger partial charge in [0.15, 0.2) is 0 Å². The van der Waals surface area contributed by atoms with Crippen LogP contribution in [0, 0.1) is 34.5 Å². The van der Waals surface area contributed by atoms with Crippen molar-refractivity contribution in [1.29, 1.82) is 0 Å². The van der Waals surface area contributed by atoms with Gasteiger partial charge in [0.25, 0.3) is 0 Å². The fourth-order valence-corrected chi connectivity index (χ4v) is 10.1. The maximum atomic E-state index is 13.3. The van der Waals surface area contributed by atoms with Gasteiger partial charge in [-0.2, -0.15) is 0 Å². The lowest BCUT2D eigenvalue weighted by Gasteiger charge is -2.65. The molecule has 5 fully saturated rings. The molecule has 2 amide bonds. The summed E-state index contributed by atoms with van der Waals surface area (Å²) in [5.74, 6) is 0.588. The Balaban J connectivity index is 1.19. The molecule has 6 aliphatic rings. The summed E-state index contributed by atoms with van der Waals surface area (Å²) in [5, 5.41) is 24.2. The van der Waals surface area contributed by atoms with Crippen molar-refractivity contribution in [2.24, 2.45) is 34.5 Å². The van der Waals surface area contributed by atoms with E-state index >= 15 is 0 Å². The van der Waals surface area contributed by atoms with Gasteiger partial charge < -0.3 is 29.6 Å². The molecule has 0 aromatic carbocycles. The molecule has 8 nitrogen and oxygen atoms in total. The molecule has 0 aromatic rings. The molecule has 0 spiro atoms. The van der Waals surface area contributed by atoms with Crippen LogP contribution in [0.25, 0.3) is 0 Å². The van der Waals surface area contributed by atoms with Gasteiger partial charge in [-0.25, -0.2) is 9.59 Å². The van der Waals surface area contributed by atoms with Crippen molar-refractivity contribution in [3.8, 4) is 0 Å². The predicted octanol–water partition coefficient (Wildman–Crippen LogP) is 2.88. The number of urea groups is 1. The van der Waals surface area contributed by atoms with Gasteiger partial charge in [-0.15, -0.1) is 0 Å². The number of aliphatic hydroxyl groups excluding tert-OH is 1. The fourth-order valence-electron chi connectivity index (χ4n) is 10.1. The third kappa shape index (κ3) is 3.72. The maximum absolute atomic E-state index is 13.3. The number of amides is 2. The largest absolute Gasteiger partial charge is 0.458 e. The molecule has 2 heterocycles. The Morgan fingerprint density at radius 2 is 1.79 bits per heavy atom. The third-order valence-corrected chi connectivity index (χ3v) is 12.7. The van der Waals surface area contributed by atoms with Crippen LogP contribution in [0.5, 0.6) is 0 Å². The van der Waals surface area contributed by atoms with Gasteiger partial charge in [0.1, 0.15) is 6.61 Å². The normalized spacial score (nSPS) is 47.1. The van der Waals surface area contributed by atoms with E-state index in [1.807, 2.05) is 16.8 Å². The van der Waals surface area contributed by atoms with Crippen molar-refractivity contribution in [3.05, 3.63) is 11.6 Å². The minimum Gasteiger partial charge on any atom is -0.458 e. The number of nitrogens with zero attached hydrogens (tertiary/aromatic N) is 3. The molecule has 0 unspecified atom stereocenters. The van der Waals surface area contributed by atoms with Crippen LogP contribution in [0.3, 0.4) is 0 Å². The molecule has 6 rings (SSSR count). The summed E-state index contributed by atoms with van der Waals surface area (Å²) in [7, 11) is 4.10. The van der Waals surface area contributed by atoms with Gasteiger partial charge in [0, 0.05) is 50.8 Å². The van der Waals surface area contributed by atoms with Crippen LogP contribution in [0.15, 0.2) is 11.6 Å². The summed E-state index contributed by atoms with van der Waals surface area (Å²) in [4.78, 5) is 31.4. The minimum absolute atomic E-state index is 0.0228. The van der Waals surface area contributed by atoms with E-state index in [2.05, 4.69) is 25.8 Å². The number of fused-ring (bicyclic) bond motifs is 5. The number of ether oxygens (including phenoxy) is 1. The van der Waals surface area contributed by atoms with Crippen LogP contribution >= 0.6 is 0 Å². The average molecular weight is 530 g/mol. The van der Waals surface area contributed by atoms with E-state index in [1.54, 1.807) is 6.08 Å². The zero-order valence-corrected chi connectivity index (χ0v) is 23.7. The van der Waals surface area contributed by atoms with E-state index in [-0.39, 0.29) is 47.8 Å².